The third kappa shape index (κ3) is 4.19. The van der Waals surface area contributed by atoms with Crippen LogP contribution in [0.1, 0.15) is 39.5 Å². The average molecular weight is 277 g/mol. The van der Waals surface area contributed by atoms with Crippen LogP contribution in [0.4, 0.5) is 0 Å². The number of rotatable bonds is 6. The van der Waals surface area contributed by atoms with Gasteiger partial charge in [-0.05, 0) is 45.1 Å². The van der Waals surface area contributed by atoms with Crippen LogP contribution in [-0.4, -0.2) is 38.9 Å². The van der Waals surface area contributed by atoms with Gasteiger partial charge in [-0.2, -0.15) is 12.7 Å². The Morgan fingerprint density at radius 3 is 2.33 bits per heavy atom. The highest BCUT2D eigenvalue weighted by molar-refractivity contribution is 7.87. The normalized spacial score (nSPS) is 25.9. The number of nitrogens with one attached hydrogen (secondary N) is 1. The Hall–Kier alpha value is -0.170. The van der Waals surface area contributed by atoms with E-state index in [1.165, 1.54) is 17.1 Å². The zero-order valence-corrected chi connectivity index (χ0v) is 12.5. The summed E-state index contributed by atoms with van der Waals surface area (Å²) in [6.07, 6.45) is 4.61. The second-order valence-corrected chi connectivity index (χ2v) is 7.32. The largest absolute Gasteiger partial charge is 0.330 e. The Labute approximate surface area is 111 Å². The van der Waals surface area contributed by atoms with E-state index in [0.717, 1.165) is 12.8 Å². The van der Waals surface area contributed by atoms with Gasteiger partial charge >= 0.3 is 0 Å². The van der Waals surface area contributed by atoms with E-state index in [-0.39, 0.29) is 6.04 Å². The van der Waals surface area contributed by atoms with E-state index >= 15 is 0 Å². The Morgan fingerprint density at radius 2 is 1.83 bits per heavy atom. The summed E-state index contributed by atoms with van der Waals surface area (Å²) in [7, 11) is -1.74. The molecule has 1 rings (SSSR count). The van der Waals surface area contributed by atoms with Crippen molar-refractivity contribution in [2.24, 2.45) is 17.6 Å². The first kappa shape index (κ1) is 15.9. The van der Waals surface area contributed by atoms with Crippen LogP contribution in [0.2, 0.25) is 0 Å². The van der Waals surface area contributed by atoms with Crippen LogP contribution < -0.4 is 10.5 Å². The van der Waals surface area contributed by atoms with E-state index in [4.69, 9.17) is 5.73 Å². The van der Waals surface area contributed by atoms with E-state index in [1.807, 2.05) is 13.8 Å². The molecular formula is C12H27N3O2S. The van der Waals surface area contributed by atoms with Gasteiger partial charge in [0.25, 0.3) is 10.2 Å². The van der Waals surface area contributed by atoms with Crippen molar-refractivity contribution in [1.82, 2.24) is 9.03 Å². The molecule has 0 radical (unpaired) electrons. The SMILES string of the molecule is CC(C)N(C)S(=O)(=O)NCC1CCCCC1CN. The lowest BCUT2D eigenvalue weighted by Gasteiger charge is -2.31. The molecule has 0 heterocycles. The molecular weight excluding hydrogens is 250 g/mol. The monoisotopic (exact) mass is 277 g/mol. The standard InChI is InChI=1S/C12H27N3O2S/c1-10(2)15(3)18(16,17)14-9-12-7-5-4-6-11(12)8-13/h10-12,14H,4-9,13H2,1-3H3. The van der Waals surface area contributed by atoms with E-state index in [1.54, 1.807) is 7.05 Å². The van der Waals surface area contributed by atoms with Crippen molar-refractivity contribution in [3.05, 3.63) is 0 Å². The quantitative estimate of drug-likeness (QED) is 0.758. The van der Waals surface area contributed by atoms with Crippen LogP contribution in [-0.2, 0) is 10.2 Å². The smallest absolute Gasteiger partial charge is 0.279 e. The molecule has 108 valence electrons. The minimum Gasteiger partial charge on any atom is -0.330 e. The third-order valence-electron chi connectivity index (χ3n) is 4.00. The summed E-state index contributed by atoms with van der Waals surface area (Å²) in [5, 5.41) is 0. The van der Waals surface area contributed by atoms with E-state index in [9.17, 15) is 8.42 Å². The van der Waals surface area contributed by atoms with E-state index in [2.05, 4.69) is 4.72 Å². The number of hydrogen-bond donors (Lipinski definition) is 2. The zero-order valence-electron chi connectivity index (χ0n) is 11.7. The molecule has 0 bridgehead atoms. The van der Waals surface area contributed by atoms with Gasteiger partial charge in [0.2, 0.25) is 0 Å². The molecule has 2 unspecified atom stereocenters. The highest BCUT2D eigenvalue weighted by atomic mass is 32.2. The van der Waals surface area contributed by atoms with Gasteiger partial charge in [0.1, 0.15) is 0 Å². The average Bonchev–Trinajstić information content (AvgIpc) is 2.35. The fraction of sp³-hybridized carbons (Fsp3) is 1.00. The highest BCUT2D eigenvalue weighted by Crippen LogP contribution is 2.28. The van der Waals surface area contributed by atoms with Gasteiger partial charge in [-0.3, -0.25) is 0 Å². The molecule has 0 aliphatic heterocycles. The van der Waals surface area contributed by atoms with Crippen LogP contribution in [0, 0.1) is 11.8 Å². The summed E-state index contributed by atoms with van der Waals surface area (Å²) < 4.78 is 28.1. The van der Waals surface area contributed by atoms with Gasteiger partial charge < -0.3 is 5.73 Å². The summed E-state index contributed by atoms with van der Waals surface area (Å²) in [6.45, 7) is 4.90. The minimum absolute atomic E-state index is 0.0286. The van der Waals surface area contributed by atoms with Crippen LogP contribution in [0.3, 0.4) is 0 Å². The molecule has 3 N–H and O–H groups in total. The first-order chi connectivity index (χ1) is 8.38. The minimum atomic E-state index is -3.35. The van der Waals surface area contributed by atoms with Crippen LogP contribution in [0.5, 0.6) is 0 Å². The highest BCUT2D eigenvalue weighted by Gasteiger charge is 2.27. The molecule has 1 aliphatic carbocycles. The molecule has 0 aromatic rings. The third-order valence-corrected chi connectivity index (χ3v) is 5.71. The summed E-state index contributed by atoms with van der Waals surface area (Å²) >= 11 is 0. The topological polar surface area (TPSA) is 75.4 Å². The molecule has 18 heavy (non-hydrogen) atoms. The maximum atomic E-state index is 12.0. The van der Waals surface area contributed by atoms with Crippen LogP contribution in [0.15, 0.2) is 0 Å². The van der Waals surface area contributed by atoms with Crippen molar-refractivity contribution in [2.45, 2.75) is 45.6 Å². The maximum Gasteiger partial charge on any atom is 0.279 e. The lowest BCUT2D eigenvalue weighted by atomic mass is 9.79. The Kier molecular flexibility index (Phi) is 6.04. The van der Waals surface area contributed by atoms with Crippen molar-refractivity contribution >= 4 is 10.2 Å². The predicted molar refractivity (Wildman–Crippen MR) is 74.3 cm³/mol. The van der Waals surface area contributed by atoms with Crippen molar-refractivity contribution in [2.75, 3.05) is 20.1 Å². The van der Waals surface area contributed by atoms with Gasteiger partial charge in [0.05, 0.1) is 0 Å². The Morgan fingerprint density at radius 1 is 1.28 bits per heavy atom. The molecule has 0 saturated heterocycles. The lowest BCUT2D eigenvalue weighted by Crippen LogP contribution is -2.45. The molecule has 1 aliphatic rings. The van der Waals surface area contributed by atoms with Crippen molar-refractivity contribution in [1.29, 1.82) is 0 Å². The van der Waals surface area contributed by atoms with Crippen molar-refractivity contribution in [3.63, 3.8) is 0 Å². The van der Waals surface area contributed by atoms with Crippen LogP contribution in [0.25, 0.3) is 0 Å². The number of hydrogen-bond acceptors (Lipinski definition) is 3. The van der Waals surface area contributed by atoms with Crippen molar-refractivity contribution < 1.29 is 8.42 Å². The van der Waals surface area contributed by atoms with Crippen molar-refractivity contribution in [3.8, 4) is 0 Å². The molecule has 0 aromatic carbocycles. The molecule has 5 nitrogen and oxygen atoms in total. The second-order valence-electron chi connectivity index (χ2n) is 5.50. The molecule has 0 amide bonds. The summed E-state index contributed by atoms with van der Waals surface area (Å²) in [5.74, 6) is 0.852. The molecule has 1 fully saturated rings. The van der Waals surface area contributed by atoms with Gasteiger partial charge in [-0.1, -0.05) is 12.8 Å². The van der Waals surface area contributed by atoms with Gasteiger partial charge in [0.15, 0.2) is 0 Å². The number of nitrogens with two attached hydrogens (primary N) is 1. The molecule has 6 heteroatoms. The number of nitrogens with zero attached hydrogens (tertiary/aromatic N) is 1. The predicted octanol–water partition coefficient (Wildman–Crippen LogP) is 0.926. The summed E-state index contributed by atoms with van der Waals surface area (Å²) in [6, 6.07) is -0.0286. The fourth-order valence-electron chi connectivity index (χ4n) is 2.46. The maximum absolute atomic E-state index is 12.0. The van der Waals surface area contributed by atoms with Gasteiger partial charge in [-0.25, -0.2) is 4.72 Å². The van der Waals surface area contributed by atoms with Gasteiger partial charge in [-0.15, -0.1) is 0 Å². The Bertz CT molecular complexity index is 343. The fourth-order valence-corrected chi connectivity index (χ4v) is 3.64. The summed E-state index contributed by atoms with van der Waals surface area (Å²) in [5.41, 5.74) is 5.75. The molecule has 2 atom stereocenters. The first-order valence-corrected chi connectivity index (χ1v) is 8.25. The lowest BCUT2D eigenvalue weighted by molar-refractivity contribution is 0.243. The molecule has 0 aromatic heterocycles. The van der Waals surface area contributed by atoms with E-state index in [0.29, 0.717) is 24.9 Å². The molecule has 0 spiro atoms. The van der Waals surface area contributed by atoms with E-state index < -0.39 is 10.2 Å². The van der Waals surface area contributed by atoms with Gasteiger partial charge in [0, 0.05) is 19.6 Å². The summed E-state index contributed by atoms with van der Waals surface area (Å²) in [4.78, 5) is 0. The first-order valence-electron chi connectivity index (χ1n) is 6.81. The van der Waals surface area contributed by atoms with Crippen LogP contribution >= 0.6 is 0 Å². The molecule has 1 saturated carbocycles. The zero-order chi connectivity index (χ0) is 13.8. The second kappa shape index (κ2) is 6.84. The Balaban J connectivity index is 2.53.